The second-order valence-electron chi connectivity index (χ2n) is 5.61. The van der Waals surface area contributed by atoms with Crippen LogP contribution >= 0.6 is 0 Å². The molecule has 0 aromatic heterocycles. The number of urea groups is 3. The van der Waals surface area contributed by atoms with Gasteiger partial charge in [0.05, 0.1) is 6.54 Å². The van der Waals surface area contributed by atoms with Gasteiger partial charge in [-0.25, -0.2) is 25.2 Å². The summed E-state index contributed by atoms with van der Waals surface area (Å²) in [5.41, 5.74) is 4.42. The highest BCUT2D eigenvalue weighted by atomic mass is 16.2. The summed E-state index contributed by atoms with van der Waals surface area (Å²) in [5, 5.41) is 10.5. The van der Waals surface area contributed by atoms with Crippen molar-refractivity contribution in [3.8, 4) is 0 Å². The van der Waals surface area contributed by atoms with Crippen molar-refractivity contribution in [2.24, 2.45) is 0 Å². The monoisotopic (exact) mass is 356 g/mol. The highest BCUT2D eigenvalue weighted by molar-refractivity contribution is 5.80. The summed E-state index contributed by atoms with van der Waals surface area (Å²) in [4.78, 5) is 49.1. The quantitative estimate of drug-likeness (QED) is 0.280. The largest absolute Gasteiger partial charge is 0.354 e. The lowest BCUT2D eigenvalue weighted by Gasteiger charge is -2.26. The Labute approximate surface area is 145 Å². The van der Waals surface area contributed by atoms with Crippen molar-refractivity contribution >= 4 is 24.0 Å². The first kappa shape index (κ1) is 18.6. The molecule has 0 spiro atoms. The van der Waals surface area contributed by atoms with Crippen LogP contribution < -0.4 is 32.1 Å². The molecule has 6 N–H and O–H groups in total. The molecule has 7 amide bonds. The van der Waals surface area contributed by atoms with E-state index in [9.17, 15) is 19.2 Å². The van der Waals surface area contributed by atoms with Gasteiger partial charge in [0.25, 0.3) is 0 Å². The molecule has 2 saturated heterocycles. The number of nitrogens with zero attached hydrogens (tertiary/aromatic N) is 2. The molecule has 0 aromatic rings. The smallest absolute Gasteiger partial charge is 0.333 e. The number of hydrazine groups is 1. The Morgan fingerprint density at radius 3 is 2.16 bits per heavy atom. The molecule has 0 aliphatic carbocycles. The molecule has 0 radical (unpaired) electrons. The molecule has 2 rings (SSSR count). The second kappa shape index (κ2) is 9.52. The Morgan fingerprint density at radius 1 is 0.920 bits per heavy atom. The highest BCUT2D eigenvalue weighted by Gasteiger charge is 2.18. The van der Waals surface area contributed by atoms with Crippen molar-refractivity contribution in [3.05, 3.63) is 0 Å². The van der Waals surface area contributed by atoms with E-state index in [-0.39, 0.29) is 18.5 Å². The summed E-state index contributed by atoms with van der Waals surface area (Å²) in [6.07, 6.45) is 0. The van der Waals surface area contributed by atoms with Gasteiger partial charge in [-0.05, 0) is 0 Å². The Hall–Kier alpha value is -2.76. The molecule has 0 atom stereocenters. The van der Waals surface area contributed by atoms with Gasteiger partial charge in [-0.2, -0.15) is 0 Å². The Balaban J connectivity index is 1.48. The van der Waals surface area contributed by atoms with Crippen molar-refractivity contribution in [1.82, 2.24) is 41.9 Å². The van der Waals surface area contributed by atoms with E-state index in [2.05, 4.69) is 32.1 Å². The zero-order chi connectivity index (χ0) is 18.1. The van der Waals surface area contributed by atoms with Crippen molar-refractivity contribution in [1.29, 1.82) is 0 Å². The Bertz CT molecular complexity index is 514. The lowest BCUT2D eigenvalue weighted by atomic mass is 10.3. The SMILES string of the molecule is O=C1CN(CCNC(=O)NNC(=O)NCCN2CCNC2=O)CCN1. The van der Waals surface area contributed by atoms with Gasteiger partial charge in [-0.1, -0.05) is 0 Å². The van der Waals surface area contributed by atoms with Gasteiger partial charge in [0.15, 0.2) is 0 Å². The molecule has 0 bridgehead atoms. The first-order chi connectivity index (χ1) is 12.0. The van der Waals surface area contributed by atoms with Crippen LogP contribution in [0.1, 0.15) is 0 Å². The van der Waals surface area contributed by atoms with Gasteiger partial charge >= 0.3 is 18.1 Å². The third-order valence-electron chi connectivity index (χ3n) is 3.73. The van der Waals surface area contributed by atoms with Crippen LogP contribution in [0.2, 0.25) is 0 Å². The van der Waals surface area contributed by atoms with E-state index in [1.165, 1.54) is 0 Å². The summed E-state index contributed by atoms with van der Waals surface area (Å²) >= 11 is 0. The first-order valence-electron chi connectivity index (χ1n) is 8.14. The van der Waals surface area contributed by atoms with E-state index in [0.717, 1.165) is 6.54 Å². The Kier molecular flexibility index (Phi) is 7.07. The maximum Gasteiger partial charge on any atom is 0.333 e. The number of hydrogen-bond acceptors (Lipinski definition) is 5. The summed E-state index contributed by atoms with van der Waals surface area (Å²) in [6, 6.07) is -1.26. The van der Waals surface area contributed by atoms with Crippen molar-refractivity contribution in [2.75, 3.05) is 58.9 Å². The van der Waals surface area contributed by atoms with Gasteiger partial charge < -0.3 is 26.2 Å². The summed E-state index contributed by atoms with van der Waals surface area (Å²) < 4.78 is 0. The molecule has 12 heteroatoms. The molecule has 12 nitrogen and oxygen atoms in total. The topological polar surface area (TPSA) is 147 Å². The first-order valence-corrected chi connectivity index (χ1v) is 8.14. The molecule has 2 aliphatic heterocycles. The summed E-state index contributed by atoms with van der Waals surface area (Å²) in [5.74, 6) is -0.0274. The van der Waals surface area contributed by atoms with E-state index >= 15 is 0 Å². The molecule has 2 fully saturated rings. The van der Waals surface area contributed by atoms with Crippen LogP contribution in [0.3, 0.4) is 0 Å². The Morgan fingerprint density at radius 2 is 1.56 bits per heavy atom. The number of rotatable bonds is 6. The van der Waals surface area contributed by atoms with E-state index in [1.54, 1.807) is 4.90 Å². The fourth-order valence-electron chi connectivity index (χ4n) is 2.44. The molecule has 2 heterocycles. The molecular formula is C13H24N8O4. The third kappa shape index (κ3) is 6.71. The van der Waals surface area contributed by atoms with Crippen LogP contribution in [0.15, 0.2) is 0 Å². The molecule has 25 heavy (non-hydrogen) atoms. The van der Waals surface area contributed by atoms with E-state index in [4.69, 9.17) is 0 Å². The van der Waals surface area contributed by atoms with Gasteiger partial charge in [0.1, 0.15) is 0 Å². The summed E-state index contributed by atoms with van der Waals surface area (Å²) in [7, 11) is 0. The minimum atomic E-state index is -0.567. The zero-order valence-electron chi connectivity index (χ0n) is 13.9. The van der Waals surface area contributed by atoms with Crippen LogP contribution in [0, 0.1) is 0 Å². The summed E-state index contributed by atoms with van der Waals surface area (Å²) in [6.45, 7) is 4.46. The second-order valence-corrected chi connectivity index (χ2v) is 5.61. The number of hydrogen-bond donors (Lipinski definition) is 6. The minimum Gasteiger partial charge on any atom is -0.354 e. The van der Waals surface area contributed by atoms with Crippen LogP contribution in [0.5, 0.6) is 0 Å². The zero-order valence-corrected chi connectivity index (χ0v) is 13.9. The maximum absolute atomic E-state index is 11.6. The normalized spacial score (nSPS) is 17.5. The number of piperazine rings is 1. The molecule has 0 aromatic carbocycles. The van der Waals surface area contributed by atoms with Crippen LogP contribution in [-0.4, -0.2) is 92.7 Å². The van der Waals surface area contributed by atoms with Gasteiger partial charge in [-0.15, -0.1) is 0 Å². The molecule has 140 valence electrons. The molecule has 0 saturated carbocycles. The van der Waals surface area contributed by atoms with Crippen LogP contribution in [0.4, 0.5) is 14.4 Å². The van der Waals surface area contributed by atoms with Gasteiger partial charge in [-0.3, -0.25) is 9.69 Å². The predicted octanol–water partition coefficient (Wildman–Crippen LogP) is -3.04. The number of carbonyl (C=O) groups excluding carboxylic acids is 4. The van der Waals surface area contributed by atoms with Gasteiger partial charge in [0, 0.05) is 52.4 Å². The average Bonchev–Trinajstić information content (AvgIpc) is 2.98. The van der Waals surface area contributed by atoms with Gasteiger partial charge in [0.2, 0.25) is 5.91 Å². The van der Waals surface area contributed by atoms with Crippen molar-refractivity contribution in [3.63, 3.8) is 0 Å². The fourth-order valence-corrected chi connectivity index (χ4v) is 2.44. The van der Waals surface area contributed by atoms with Crippen LogP contribution in [0.25, 0.3) is 0 Å². The lowest BCUT2D eigenvalue weighted by Crippen LogP contribution is -2.53. The third-order valence-corrected chi connectivity index (χ3v) is 3.73. The van der Waals surface area contributed by atoms with Crippen molar-refractivity contribution in [2.45, 2.75) is 0 Å². The fraction of sp³-hybridized carbons (Fsp3) is 0.692. The maximum atomic E-state index is 11.6. The van der Waals surface area contributed by atoms with Crippen LogP contribution in [-0.2, 0) is 4.79 Å². The average molecular weight is 356 g/mol. The standard InChI is InChI=1S/C13H24N8O4/c22-10-9-20(5-1-14-10)6-2-15-11(23)18-19-12(24)16-3-7-21-8-4-17-13(21)25/h1-9H2,(H,14,22)(H,17,25)(H2,15,18,23)(H2,16,19,24). The highest BCUT2D eigenvalue weighted by Crippen LogP contribution is 1.94. The number of nitrogens with one attached hydrogen (secondary N) is 6. The van der Waals surface area contributed by atoms with Crippen molar-refractivity contribution < 1.29 is 19.2 Å². The molecule has 0 unspecified atom stereocenters. The number of carbonyl (C=O) groups is 4. The number of amides is 7. The van der Waals surface area contributed by atoms with E-state index < -0.39 is 12.1 Å². The van der Waals surface area contributed by atoms with E-state index in [0.29, 0.717) is 45.8 Å². The predicted molar refractivity (Wildman–Crippen MR) is 87.5 cm³/mol. The molecular weight excluding hydrogens is 332 g/mol. The minimum absolute atomic E-state index is 0.0274. The molecule has 2 aliphatic rings. The van der Waals surface area contributed by atoms with E-state index in [1.807, 2.05) is 4.90 Å². The lowest BCUT2D eigenvalue weighted by molar-refractivity contribution is -0.124.